The monoisotopic (exact) mass is 323 g/mol. The Morgan fingerprint density at radius 2 is 1.62 bits per heavy atom. The number of fused-ring (bicyclic) bond motifs is 1. The number of carboxylic acids is 1. The number of nitrogens with zero attached hydrogens (tertiary/aromatic N) is 1. The molecule has 0 unspecified atom stereocenters. The minimum Gasteiger partial charge on any atom is -0.508 e. The molecule has 3 N–H and O–H groups in total. The highest BCUT2D eigenvalue weighted by atomic mass is 16.4. The third-order valence-corrected chi connectivity index (χ3v) is 3.56. The van der Waals surface area contributed by atoms with Crippen molar-refractivity contribution in [1.29, 1.82) is 0 Å². The van der Waals surface area contributed by atoms with Gasteiger partial charge in [0.2, 0.25) is 0 Å². The number of carboxylic acid groups (broad SMARTS) is 1. The third-order valence-electron chi connectivity index (χ3n) is 3.56. The first kappa shape index (κ1) is 15.4. The topological polar surface area (TPSA) is 99.8 Å². The van der Waals surface area contributed by atoms with Crippen molar-refractivity contribution in [1.82, 2.24) is 4.57 Å². The van der Waals surface area contributed by atoms with Gasteiger partial charge in [-0.05, 0) is 59.5 Å². The average Bonchev–Trinajstić information content (AvgIpc) is 2.55. The Morgan fingerprint density at radius 1 is 0.958 bits per heavy atom. The number of hydrogen-bond acceptors (Lipinski definition) is 4. The van der Waals surface area contributed by atoms with Gasteiger partial charge in [-0.2, -0.15) is 0 Å². The summed E-state index contributed by atoms with van der Waals surface area (Å²) in [6.07, 6.45) is 3.82. The minimum atomic E-state index is -1.12. The first-order valence-electron chi connectivity index (χ1n) is 7.04. The Kier molecular flexibility index (Phi) is 3.79. The van der Waals surface area contributed by atoms with Crippen molar-refractivity contribution in [3.8, 4) is 17.2 Å². The molecule has 1 heterocycles. The lowest BCUT2D eigenvalue weighted by Gasteiger charge is -2.11. The van der Waals surface area contributed by atoms with E-state index in [0.29, 0.717) is 22.0 Å². The van der Waals surface area contributed by atoms with E-state index < -0.39 is 5.97 Å². The Labute approximate surface area is 136 Å². The quantitative estimate of drug-likeness (QED) is 0.643. The highest BCUT2D eigenvalue weighted by Crippen LogP contribution is 2.23. The van der Waals surface area contributed by atoms with Crippen LogP contribution < -0.4 is 5.56 Å². The lowest BCUT2D eigenvalue weighted by Crippen LogP contribution is -2.18. The van der Waals surface area contributed by atoms with Crippen molar-refractivity contribution >= 4 is 22.8 Å². The summed E-state index contributed by atoms with van der Waals surface area (Å²) in [7, 11) is 0. The van der Waals surface area contributed by atoms with Crippen LogP contribution in [0.4, 0.5) is 0 Å². The van der Waals surface area contributed by atoms with Gasteiger partial charge in [-0.1, -0.05) is 0 Å². The van der Waals surface area contributed by atoms with Crippen LogP contribution in [0, 0.1) is 0 Å². The Bertz CT molecular complexity index is 1020. The van der Waals surface area contributed by atoms with Crippen LogP contribution in [0.2, 0.25) is 0 Å². The molecule has 3 rings (SSSR count). The van der Waals surface area contributed by atoms with Gasteiger partial charge < -0.3 is 15.3 Å². The van der Waals surface area contributed by atoms with Crippen LogP contribution >= 0.6 is 0 Å². The number of phenols is 2. The predicted molar refractivity (Wildman–Crippen MR) is 89.5 cm³/mol. The fraction of sp³-hybridized carbons (Fsp3) is 0. The summed E-state index contributed by atoms with van der Waals surface area (Å²) in [5.74, 6) is -1.07. The molecule has 0 aliphatic heterocycles. The molecule has 6 heteroatoms. The zero-order valence-electron chi connectivity index (χ0n) is 12.4. The van der Waals surface area contributed by atoms with Crippen molar-refractivity contribution in [2.75, 3.05) is 0 Å². The van der Waals surface area contributed by atoms with E-state index in [2.05, 4.69) is 0 Å². The molecular weight excluding hydrogens is 310 g/mol. The summed E-state index contributed by atoms with van der Waals surface area (Å²) in [5, 5.41) is 28.7. The van der Waals surface area contributed by atoms with Crippen molar-refractivity contribution in [3.05, 3.63) is 70.7 Å². The molecule has 120 valence electrons. The van der Waals surface area contributed by atoms with E-state index in [1.165, 1.54) is 47.2 Å². The zero-order chi connectivity index (χ0) is 17.3. The summed E-state index contributed by atoms with van der Waals surface area (Å²) in [4.78, 5) is 23.5. The van der Waals surface area contributed by atoms with E-state index in [1.807, 2.05) is 0 Å². The maximum absolute atomic E-state index is 12.7. The molecule has 2 aromatic carbocycles. The summed E-state index contributed by atoms with van der Waals surface area (Å²) in [5.41, 5.74) is 0.678. The van der Waals surface area contributed by atoms with Gasteiger partial charge in [0.25, 0.3) is 5.56 Å². The third kappa shape index (κ3) is 2.85. The molecule has 0 fully saturated rings. The standard InChI is InChI=1S/C18H13NO5/c20-13-4-2-12(3-5-13)19-10-11(1-8-17(22)23)16-9-14(21)6-7-15(16)18(19)24/h1-10,20-21H,(H,22,23). The second-order valence-electron chi connectivity index (χ2n) is 5.18. The normalized spacial score (nSPS) is 11.2. The largest absolute Gasteiger partial charge is 0.508 e. The molecule has 6 nitrogen and oxygen atoms in total. The first-order chi connectivity index (χ1) is 11.5. The van der Waals surface area contributed by atoms with Gasteiger partial charge in [0.1, 0.15) is 11.5 Å². The molecule has 1 aromatic heterocycles. The van der Waals surface area contributed by atoms with Crippen LogP contribution in [0.25, 0.3) is 22.5 Å². The Balaban J connectivity index is 2.33. The molecule has 0 saturated carbocycles. The van der Waals surface area contributed by atoms with Crippen molar-refractivity contribution < 1.29 is 20.1 Å². The van der Waals surface area contributed by atoms with E-state index in [1.54, 1.807) is 12.1 Å². The van der Waals surface area contributed by atoms with Crippen molar-refractivity contribution in [2.45, 2.75) is 0 Å². The van der Waals surface area contributed by atoms with Gasteiger partial charge in [0.05, 0.1) is 0 Å². The summed E-state index contributed by atoms with van der Waals surface area (Å²) in [6, 6.07) is 10.4. The number of aromatic nitrogens is 1. The first-order valence-corrected chi connectivity index (χ1v) is 7.04. The number of phenolic OH excluding ortho intramolecular Hbond substituents is 2. The van der Waals surface area contributed by atoms with Crippen molar-refractivity contribution in [3.63, 3.8) is 0 Å². The van der Waals surface area contributed by atoms with Crippen LogP contribution in [-0.2, 0) is 4.79 Å². The van der Waals surface area contributed by atoms with Gasteiger partial charge in [0.15, 0.2) is 0 Å². The maximum Gasteiger partial charge on any atom is 0.328 e. The molecule has 0 aliphatic carbocycles. The highest BCUT2D eigenvalue weighted by molar-refractivity contribution is 5.94. The maximum atomic E-state index is 12.7. The number of aromatic hydroxyl groups is 2. The SMILES string of the molecule is O=C(O)C=Cc1cn(-c2ccc(O)cc2)c(=O)c2ccc(O)cc12. The highest BCUT2D eigenvalue weighted by Gasteiger charge is 2.10. The van der Waals surface area contributed by atoms with Crippen LogP contribution in [0.3, 0.4) is 0 Å². The lowest BCUT2D eigenvalue weighted by atomic mass is 10.1. The predicted octanol–water partition coefficient (Wildman–Crippen LogP) is 2.50. The smallest absolute Gasteiger partial charge is 0.328 e. The molecule has 0 aliphatic rings. The van der Waals surface area contributed by atoms with Crippen LogP contribution in [0.15, 0.2) is 59.5 Å². The molecule has 3 aromatic rings. The minimum absolute atomic E-state index is 0.0192. The number of pyridine rings is 1. The molecule has 0 amide bonds. The fourth-order valence-corrected chi connectivity index (χ4v) is 2.45. The number of rotatable bonds is 3. The number of hydrogen-bond donors (Lipinski definition) is 3. The van der Waals surface area contributed by atoms with Crippen LogP contribution in [0.5, 0.6) is 11.5 Å². The van der Waals surface area contributed by atoms with Crippen molar-refractivity contribution in [2.24, 2.45) is 0 Å². The number of benzene rings is 2. The fourth-order valence-electron chi connectivity index (χ4n) is 2.45. The summed E-state index contributed by atoms with van der Waals surface area (Å²) < 4.78 is 1.36. The van der Waals surface area contributed by atoms with Gasteiger partial charge in [-0.3, -0.25) is 9.36 Å². The van der Waals surface area contributed by atoms with Gasteiger partial charge in [-0.15, -0.1) is 0 Å². The molecular formula is C18H13NO5. The molecule has 0 saturated heterocycles. The lowest BCUT2D eigenvalue weighted by molar-refractivity contribution is -0.131. The molecule has 0 atom stereocenters. The van der Waals surface area contributed by atoms with E-state index in [-0.39, 0.29) is 17.1 Å². The second-order valence-corrected chi connectivity index (χ2v) is 5.18. The van der Waals surface area contributed by atoms with E-state index in [4.69, 9.17) is 5.11 Å². The second kappa shape index (κ2) is 5.92. The van der Waals surface area contributed by atoms with Crippen LogP contribution in [-0.4, -0.2) is 25.9 Å². The average molecular weight is 323 g/mol. The Hall–Kier alpha value is -3.54. The van der Waals surface area contributed by atoms with E-state index in [0.717, 1.165) is 6.08 Å². The van der Waals surface area contributed by atoms with Gasteiger partial charge >= 0.3 is 5.97 Å². The summed E-state index contributed by atoms with van der Waals surface area (Å²) >= 11 is 0. The number of carbonyl (C=O) groups is 1. The van der Waals surface area contributed by atoms with Gasteiger partial charge in [-0.25, -0.2) is 4.79 Å². The Morgan fingerprint density at radius 3 is 2.29 bits per heavy atom. The zero-order valence-corrected chi connectivity index (χ0v) is 12.4. The van der Waals surface area contributed by atoms with E-state index >= 15 is 0 Å². The number of aliphatic carboxylic acids is 1. The molecule has 24 heavy (non-hydrogen) atoms. The van der Waals surface area contributed by atoms with E-state index in [9.17, 15) is 19.8 Å². The molecule has 0 spiro atoms. The summed E-state index contributed by atoms with van der Waals surface area (Å²) in [6.45, 7) is 0. The van der Waals surface area contributed by atoms with Gasteiger partial charge in [0, 0.05) is 23.3 Å². The molecule has 0 bridgehead atoms. The van der Waals surface area contributed by atoms with Crippen LogP contribution in [0.1, 0.15) is 5.56 Å². The molecule has 0 radical (unpaired) electrons.